The normalized spacial score (nSPS) is 11.1. The Morgan fingerprint density at radius 2 is 2.37 bits per heavy atom. The number of hydrogen-bond donors (Lipinski definition) is 1. The summed E-state index contributed by atoms with van der Waals surface area (Å²) in [6.07, 6.45) is 1.62. The van der Waals surface area contributed by atoms with Gasteiger partial charge in [0.1, 0.15) is 12.1 Å². The molecule has 7 nitrogen and oxygen atoms in total. The monoisotopic (exact) mass is 282 g/mol. The molecule has 2 aromatic heterocycles. The first kappa shape index (κ1) is 13.6. The molecule has 2 rings (SSSR count). The molecular weight excluding hydrogens is 268 g/mol. The van der Waals surface area contributed by atoms with Gasteiger partial charge in [-0.3, -0.25) is 9.69 Å². The number of furan rings is 1. The lowest BCUT2D eigenvalue weighted by molar-refractivity contribution is -0.138. The quantitative estimate of drug-likeness (QED) is 0.848. The molecule has 0 spiro atoms. The van der Waals surface area contributed by atoms with Crippen molar-refractivity contribution in [3.8, 4) is 0 Å². The van der Waals surface area contributed by atoms with E-state index >= 15 is 0 Å². The smallest absolute Gasteiger partial charge is 0.317 e. The highest BCUT2D eigenvalue weighted by atomic mass is 32.2. The molecule has 1 N–H and O–H groups in total. The van der Waals surface area contributed by atoms with Crippen LogP contribution in [0.5, 0.6) is 0 Å². The van der Waals surface area contributed by atoms with Crippen LogP contribution in [0.25, 0.3) is 0 Å². The van der Waals surface area contributed by atoms with Crippen molar-refractivity contribution >= 4 is 17.7 Å². The lowest BCUT2D eigenvalue weighted by atomic mass is 10.4. The van der Waals surface area contributed by atoms with Crippen molar-refractivity contribution in [2.45, 2.75) is 16.8 Å². The van der Waals surface area contributed by atoms with Crippen molar-refractivity contribution in [1.82, 2.24) is 19.7 Å². The molecule has 0 bridgehead atoms. The van der Waals surface area contributed by atoms with Gasteiger partial charge in [-0.25, -0.2) is 0 Å². The zero-order valence-electron chi connectivity index (χ0n) is 10.6. The highest BCUT2D eigenvalue weighted by Gasteiger charge is 2.11. The van der Waals surface area contributed by atoms with E-state index in [0.717, 1.165) is 5.16 Å². The highest BCUT2D eigenvalue weighted by Crippen LogP contribution is 2.27. The molecule has 0 amide bonds. The molecule has 0 saturated heterocycles. The number of nitrogens with zero attached hydrogens (tertiary/aromatic N) is 4. The molecule has 0 fully saturated rings. The van der Waals surface area contributed by atoms with Gasteiger partial charge in [-0.05, 0) is 30.9 Å². The van der Waals surface area contributed by atoms with Gasteiger partial charge < -0.3 is 14.1 Å². The minimum absolute atomic E-state index is 0.0214. The molecule has 0 unspecified atom stereocenters. The summed E-state index contributed by atoms with van der Waals surface area (Å²) in [4.78, 5) is 12.2. The molecule has 8 heteroatoms. The average molecular weight is 282 g/mol. The summed E-state index contributed by atoms with van der Waals surface area (Å²) in [5.41, 5.74) is 0. The van der Waals surface area contributed by atoms with Gasteiger partial charge in [0.2, 0.25) is 0 Å². The van der Waals surface area contributed by atoms with Gasteiger partial charge in [-0.2, -0.15) is 0 Å². The molecule has 2 heterocycles. The zero-order chi connectivity index (χ0) is 13.8. The summed E-state index contributed by atoms with van der Waals surface area (Å²) in [6.45, 7) is 0.429. The summed E-state index contributed by atoms with van der Waals surface area (Å²) in [7, 11) is 3.58. The van der Waals surface area contributed by atoms with Crippen LogP contribution in [0.3, 0.4) is 0 Å². The topological polar surface area (TPSA) is 84.4 Å². The molecule has 2 aromatic rings. The largest absolute Gasteiger partial charge is 0.480 e. The highest BCUT2D eigenvalue weighted by molar-refractivity contribution is 7.99. The van der Waals surface area contributed by atoms with Gasteiger partial charge in [0, 0.05) is 7.05 Å². The van der Waals surface area contributed by atoms with E-state index < -0.39 is 5.97 Å². The van der Waals surface area contributed by atoms with E-state index in [4.69, 9.17) is 9.52 Å². The molecular formula is C11H14N4O3S. The van der Waals surface area contributed by atoms with Crippen molar-refractivity contribution in [2.24, 2.45) is 7.05 Å². The van der Waals surface area contributed by atoms with Crippen molar-refractivity contribution in [1.29, 1.82) is 0 Å². The number of carbonyl (C=O) groups is 1. The van der Waals surface area contributed by atoms with Crippen molar-refractivity contribution in [2.75, 3.05) is 13.6 Å². The summed E-state index contributed by atoms with van der Waals surface area (Å²) in [6, 6.07) is 3.67. The number of aromatic nitrogens is 3. The molecule has 0 aliphatic carbocycles. The fourth-order valence-electron chi connectivity index (χ4n) is 1.51. The van der Waals surface area contributed by atoms with E-state index in [1.807, 2.05) is 19.2 Å². The fourth-order valence-corrected chi connectivity index (χ4v) is 2.25. The van der Waals surface area contributed by atoms with Crippen LogP contribution in [-0.2, 0) is 18.4 Å². The van der Waals surface area contributed by atoms with E-state index in [0.29, 0.717) is 17.4 Å². The summed E-state index contributed by atoms with van der Waals surface area (Å²) >= 11 is 1.37. The minimum Gasteiger partial charge on any atom is -0.480 e. The standard InChI is InChI=1S/C11H14N4O3S/c1-14(6-9(16)17)5-8-3-4-10(18-8)19-11-13-12-7-15(11)2/h3-4,7H,5-6H2,1-2H3,(H,16,17). The van der Waals surface area contributed by atoms with Gasteiger partial charge in [-0.1, -0.05) is 0 Å². The van der Waals surface area contributed by atoms with Gasteiger partial charge in [-0.15, -0.1) is 10.2 Å². The van der Waals surface area contributed by atoms with E-state index in [1.54, 1.807) is 22.8 Å². The number of carboxylic acids is 1. The maximum absolute atomic E-state index is 10.6. The lowest BCUT2D eigenvalue weighted by Crippen LogP contribution is -2.24. The van der Waals surface area contributed by atoms with Crippen LogP contribution >= 0.6 is 11.8 Å². The average Bonchev–Trinajstić information content (AvgIpc) is 2.89. The Kier molecular flexibility index (Phi) is 4.23. The summed E-state index contributed by atoms with van der Waals surface area (Å²) in [5.74, 6) is -0.142. The summed E-state index contributed by atoms with van der Waals surface area (Å²) < 4.78 is 7.41. The first-order valence-corrected chi connectivity index (χ1v) is 6.37. The van der Waals surface area contributed by atoms with Crippen molar-refractivity contribution < 1.29 is 14.3 Å². The Labute approximate surface area is 114 Å². The zero-order valence-corrected chi connectivity index (χ0v) is 11.4. The Hall–Kier alpha value is -1.80. The Morgan fingerprint density at radius 3 is 3.00 bits per heavy atom. The third kappa shape index (κ3) is 3.83. The predicted molar refractivity (Wildman–Crippen MR) is 67.8 cm³/mol. The van der Waals surface area contributed by atoms with Crippen LogP contribution in [0.1, 0.15) is 5.76 Å². The van der Waals surface area contributed by atoms with E-state index in [-0.39, 0.29) is 6.54 Å². The van der Waals surface area contributed by atoms with Gasteiger partial charge >= 0.3 is 5.97 Å². The van der Waals surface area contributed by atoms with Crippen LogP contribution in [-0.4, -0.2) is 44.3 Å². The van der Waals surface area contributed by atoms with Crippen LogP contribution < -0.4 is 0 Å². The predicted octanol–water partition coefficient (Wildman–Crippen LogP) is 1.08. The second kappa shape index (κ2) is 5.89. The van der Waals surface area contributed by atoms with E-state index in [9.17, 15) is 4.79 Å². The molecule has 0 aliphatic heterocycles. The van der Waals surface area contributed by atoms with Crippen LogP contribution in [0.15, 0.2) is 33.1 Å². The molecule has 0 saturated carbocycles. The third-order valence-corrected chi connectivity index (χ3v) is 3.30. The Bertz CT molecular complexity index is 566. The van der Waals surface area contributed by atoms with Crippen LogP contribution in [0, 0.1) is 0 Å². The Balaban J connectivity index is 1.95. The molecule has 19 heavy (non-hydrogen) atoms. The number of aliphatic carboxylic acids is 1. The number of rotatable bonds is 6. The molecule has 0 radical (unpaired) electrons. The van der Waals surface area contributed by atoms with E-state index in [1.165, 1.54) is 11.8 Å². The molecule has 0 aliphatic rings. The number of aryl methyl sites for hydroxylation is 1. The summed E-state index contributed by atoms with van der Waals surface area (Å²) in [5, 5.41) is 17.8. The van der Waals surface area contributed by atoms with Gasteiger partial charge in [0.25, 0.3) is 0 Å². The van der Waals surface area contributed by atoms with Gasteiger partial charge in [0.05, 0.1) is 13.1 Å². The maximum atomic E-state index is 10.6. The third-order valence-electron chi connectivity index (χ3n) is 2.33. The SMILES string of the molecule is CN(CC(=O)O)Cc1ccc(Sc2nncn2C)o1. The Morgan fingerprint density at radius 1 is 1.58 bits per heavy atom. The van der Waals surface area contributed by atoms with E-state index in [2.05, 4.69) is 10.2 Å². The lowest BCUT2D eigenvalue weighted by Gasteiger charge is -2.11. The second-order valence-corrected chi connectivity index (χ2v) is 5.08. The van der Waals surface area contributed by atoms with Crippen molar-refractivity contribution in [3.05, 3.63) is 24.2 Å². The number of hydrogen-bond acceptors (Lipinski definition) is 6. The first-order chi connectivity index (χ1) is 9.04. The molecule has 0 aromatic carbocycles. The second-order valence-electron chi connectivity index (χ2n) is 4.11. The number of likely N-dealkylation sites (N-methyl/N-ethyl adjacent to an activating group) is 1. The fraction of sp³-hybridized carbons (Fsp3) is 0.364. The first-order valence-electron chi connectivity index (χ1n) is 5.55. The van der Waals surface area contributed by atoms with Crippen molar-refractivity contribution in [3.63, 3.8) is 0 Å². The van der Waals surface area contributed by atoms with Crippen LogP contribution in [0.4, 0.5) is 0 Å². The number of carboxylic acid groups (broad SMARTS) is 1. The van der Waals surface area contributed by atoms with Gasteiger partial charge in [0.15, 0.2) is 10.2 Å². The van der Waals surface area contributed by atoms with Crippen LogP contribution in [0.2, 0.25) is 0 Å². The molecule has 0 atom stereocenters. The minimum atomic E-state index is -0.859. The molecule has 102 valence electrons. The maximum Gasteiger partial charge on any atom is 0.317 e.